The standard InChI is InChI=1S/C11H9N5OS/c12-6-7-5-9(3-4-13-7)18-11-15-14-10(17)16(11)8-1-2-8/h3-5,8H,1-2H2,(H,14,17). The molecule has 0 bridgehead atoms. The number of nitriles is 1. The van der Waals surface area contributed by atoms with Gasteiger partial charge in [0.05, 0.1) is 0 Å². The number of hydrogen-bond acceptors (Lipinski definition) is 5. The molecule has 18 heavy (non-hydrogen) atoms. The lowest BCUT2D eigenvalue weighted by molar-refractivity contribution is 0.642. The number of aromatic amines is 1. The van der Waals surface area contributed by atoms with Gasteiger partial charge in [-0.2, -0.15) is 5.26 Å². The van der Waals surface area contributed by atoms with Gasteiger partial charge >= 0.3 is 5.69 Å². The first-order chi connectivity index (χ1) is 8.78. The number of nitrogens with one attached hydrogen (secondary N) is 1. The van der Waals surface area contributed by atoms with Crippen LogP contribution in [0, 0.1) is 11.3 Å². The van der Waals surface area contributed by atoms with Crippen molar-refractivity contribution in [3.8, 4) is 6.07 Å². The summed E-state index contributed by atoms with van der Waals surface area (Å²) in [5, 5.41) is 15.9. The van der Waals surface area contributed by atoms with Crippen LogP contribution in [-0.2, 0) is 0 Å². The molecule has 0 amide bonds. The van der Waals surface area contributed by atoms with Crippen molar-refractivity contribution in [2.75, 3.05) is 0 Å². The van der Waals surface area contributed by atoms with Gasteiger partial charge in [-0.15, -0.1) is 5.10 Å². The summed E-state index contributed by atoms with van der Waals surface area (Å²) in [5.74, 6) is 0. The van der Waals surface area contributed by atoms with Crippen molar-refractivity contribution in [2.45, 2.75) is 28.9 Å². The van der Waals surface area contributed by atoms with Crippen LogP contribution in [0.25, 0.3) is 0 Å². The normalized spacial score (nSPS) is 14.4. The Kier molecular flexibility index (Phi) is 2.64. The van der Waals surface area contributed by atoms with Crippen molar-refractivity contribution in [1.82, 2.24) is 19.7 Å². The molecule has 1 saturated carbocycles. The number of aromatic nitrogens is 4. The van der Waals surface area contributed by atoms with Gasteiger partial charge in [0.15, 0.2) is 5.16 Å². The Morgan fingerprint density at radius 2 is 2.39 bits per heavy atom. The molecule has 0 aromatic carbocycles. The first kappa shape index (κ1) is 11.0. The highest BCUT2D eigenvalue weighted by atomic mass is 32.2. The van der Waals surface area contributed by atoms with E-state index in [0.29, 0.717) is 10.9 Å². The van der Waals surface area contributed by atoms with Gasteiger partial charge in [0.1, 0.15) is 11.8 Å². The van der Waals surface area contributed by atoms with Gasteiger partial charge in [-0.05, 0) is 36.7 Å². The molecule has 1 fully saturated rings. The average molecular weight is 259 g/mol. The summed E-state index contributed by atoms with van der Waals surface area (Å²) >= 11 is 1.36. The van der Waals surface area contributed by atoms with E-state index in [1.54, 1.807) is 22.9 Å². The van der Waals surface area contributed by atoms with Crippen LogP contribution in [0.1, 0.15) is 24.6 Å². The highest BCUT2D eigenvalue weighted by molar-refractivity contribution is 7.99. The summed E-state index contributed by atoms with van der Waals surface area (Å²) in [6.45, 7) is 0. The van der Waals surface area contributed by atoms with Gasteiger partial charge < -0.3 is 0 Å². The maximum absolute atomic E-state index is 11.6. The summed E-state index contributed by atoms with van der Waals surface area (Å²) in [7, 11) is 0. The van der Waals surface area contributed by atoms with Crippen LogP contribution in [0.4, 0.5) is 0 Å². The Hall–Kier alpha value is -2.07. The molecule has 0 atom stereocenters. The Morgan fingerprint density at radius 3 is 3.11 bits per heavy atom. The predicted molar refractivity (Wildman–Crippen MR) is 64.2 cm³/mol. The Labute approximate surface area is 107 Å². The fourth-order valence-electron chi connectivity index (χ4n) is 1.66. The lowest BCUT2D eigenvalue weighted by Gasteiger charge is -2.02. The molecule has 7 heteroatoms. The molecule has 6 nitrogen and oxygen atoms in total. The summed E-state index contributed by atoms with van der Waals surface area (Å²) in [6.07, 6.45) is 3.62. The molecular formula is C11H9N5OS. The van der Waals surface area contributed by atoms with E-state index in [-0.39, 0.29) is 11.7 Å². The summed E-state index contributed by atoms with van der Waals surface area (Å²) in [4.78, 5) is 16.4. The summed E-state index contributed by atoms with van der Waals surface area (Å²) in [6, 6.07) is 5.74. The van der Waals surface area contributed by atoms with Crippen LogP contribution < -0.4 is 5.69 Å². The molecule has 0 unspecified atom stereocenters. The number of pyridine rings is 1. The molecule has 2 aromatic heterocycles. The third-order valence-corrected chi connectivity index (χ3v) is 3.60. The topological polar surface area (TPSA) is 87.4 Å². The number of hydrogen-bond donors (Lipinski definition) is 1. The molecule has 0 spiro atoms. The molecule has 1 N–H and O–H groups in total. The van der Waals surface area contributed by atoms with Crippen molar-refractivity contribution < 1.29 is 0 Å². The van der Waals surface area contributed by atoms with E-state index < -0.39 is 0 Å². The predicted octanol–water partition coefficient (Wildman–Crippen LogP) is 1.32. The van der Waals surface area contributed by atoms with Gasteiger partial charge in [-0.3, -0.25) is 4.57 Å². The Bertz CT molecular complexity index is 679. The lowest BCUT2D eigenvalue weighted by Crippen LogP contribution is -2.15. The average Bonchev–Trinajstić information content (AvgIpc) is 3.15. The maximum Gasteiger partial charge on any atom is 0.344 e. The highest BCUT2D eigenvalue weighted by Crippen LogP contribution is 2.37. The zero-order chi connectivity index (χ0) is 12.5. The molecule has 1 aliphatic rings. The van der Waals surface area contributed by atoms with Gasteiger partial charge in [-0.25, -0.2) is 14.9 Å². The third kappa shape index (κ3) is 2.02. The smallest absolute Gasteiger partial charge is 0.267 e. The quantitative estimate of drug-likeness (QED) is 0.898. The van der Waals surface area contributed by atoms with Crippen LogP contribution in [-0.4, -0.2) is 19.7 Å². The molecule has 3 rings (SSSR count). The van der Waals surface area contributed by atoms with E-state index in [1.165, 1.54) is 11.8 Å². The Balaban J connectivity index is 1.92. The molecule has 1 aliphatic carbocycles. The second-order valence-electron chi connectivity index (χ2n) is 4.00. The number of H-pyrrole nitrogens is 1. The monoisotopic (exact) mass is 259 g/mol. The Morgan fingerprint density at radius 1 is 1.56 bits per heavy atom. The van der Waals surface area contributed by atoms with Crippen LogP contribution in [0.3, 0.4) is 0 Å². The van der Waals surface area contributed by atoms with E-state index >= 15 is 0 Å². The van der Waals surface area contributed by atoms with Crippen LogP contribution in [0.5, 0.6) is 0 Å². The lowest BCUT2D eigenvalue weighted by atomic mass is 10.4. The van der Waals surface area contributed by atoms with Gasteiger partial charge in [-0.1, -0.05) is 0 Å². The zero-order valence-corrected chi connectivity index (χ0v) is 10.1. The molecule has 0 radical (unpaired) electrons. The van der Waals surface area contributed by atoms with Crippen molar-refractivity contribution in [3.63, 3.8) is 0 Å². The third-order valence-electron chi connectivity index (χ3n) is 2.64. The summed E-state index contributed by atoms with van der Waals surface area (Å²) < 4.78 is 1.68. The molecule has 2 heterocycles. The van der Waals surface area contributed by atoms with Crippen LogP contribution >= 0.6 is 11.8 Å². The van der Waals surface area contributed by atoms with Crippen molar-refractivity contribution in [1.29, 1.82) is 5.26 Å². The number of nitrogens with zero attached hydrogens (tertiary/aromatic N) is 4. The van der Waals surface area contributed by atoms with Crippen molar-refractivity contribution >= 4 is 11.8 Å². The maximum atomic E-state index is 11.6. The van der Waals surface area contributed by atoms with Crippen molar-refractivity contribution in [2.24, 2.45) is 0 Å². The fourth-order valence-corrected chi connectivity index (χ4v) is 2.59. The fraction of sp³-hybridized carbons (Fsp3) is 0.273. The molecule has 90 valence electrons. The van der Waals surface area contributed by atoms with E-state index in [9.17, 15) is 4.79 Å². The van der Waals surface area contributed by atoms with Gasteiger partial charge in [0.25, 0.3) is 0 Å². The van der Waals surface area contributed by atoms with Crippen molar-refractivity contribution in [3.05, 3.63) is 34.5 Å². The molecular weight excluding hydrogens is 250 g/mol. The van der Waals surface area contributed by atoms with E-state index in [4.69, 9.17) is 5.26 Å². The van der Waals surface area contributed by atoms with E-state index in [0.717, 1.165) is 17.7 Å². The first-order valence-corrected chi connectivity index (χ1v) is 6.30. The van der Waals surface area contributed by atoms with Gasteiger partial charge in [0, 0.05) is 17.1 Å². The first-order valence-electron chi connectivity index (χ1n) is 5.49. The van der Waals surface area contributed by atoms with Crippen LogP contribution in [0.15, 0.2) is 33.2 Å². The second-order valence-corrected chi connectivity index (χ2v) is 5.04. The minimum absolute atomic E-state index is 0.172. The SMILES string of the molecule is N#Cc1cc(Sc2n[nH]c(=O)n2C2CC2)ccn1. The molecule has 0 aliphatic heterocycles. The van der Waals surface area contributed by atoms with E-state index in [2.05, 4.69) is 15.2 Å². The van der Waals surface area contributed by atoms with E-state index in [1.807, 2.05) is 6.07 Å². The highest BCUT2D eigenvalue weighted by Gasteiger charge is 2.28. The van der Waals surface area contributed by atoms with Crippen LogP contribution in [0.2, 0.25) is 0 Å². The molecule has 0 saturated heterocycles. The zero-order valence-electron chi connectivity index (χ0n) is 9.33. The largest absolute Gasteiger partial charge is 0.344 e. The second kappa shape index (κ2) is 4.31. The van der Waals surface area contributed by atoms with Gasteiger partial charge in [0.2, 0.25) is 0 Å². The summed E-state index contributed by atoms with van der Waals surface area (Å²) in [5.41, 5.74) is 0.186. The minimum atomic E-state index is -0.172. The molecule has 2 aromatic rings. The number of rotatable bonds is 3. The minimum Gasteiger partial charge on any atom is -0.267 e.